The van der Waals surface area contributed by atoms with Crippen LogP contribution >= 0.6 is 0 Å². The first-order valence-electron chi connectivity index (χ1n) is 8.60. The highest BCUT2D eigenvalue weighted by Crippen LogP contribution is 2.29. The molecule has 0 radical (unpaired) electrons. The van der Waals surface area contributed by atoms with Gasteiger partial charge in [0.2, 0.25) is 0 Å². The number of rotatable bonds is 8. The predicted molar refractivity (Wildman–Crippen MR) is 99.4 cm³/mol. The standard InChI is InChI=1S/C20H28N2O2/c1-6-8-19(23)24-18-10-7-9-17-20(18)16(13-21-17)11-12-22(14(2)3)15(4)5/h6-7,9-10,13-15,21H,1,8,11-12H2,2-5H3. The molecule has 24 heavy (non-hydrogen) atoms. The molecule has 0 spiro atoms. The molecular weight excluding hydrogens is 300 g/mol. The van der Waals surface area contributed by atoms with Gasteiger partial charge in [-0.25, -0.2) is 0 Å². The van der Waals surface area contributed by atoms with E-state index in [1.807, 2.05) is 24.4 Å². The quantitative estimate of drug-likeness (QED) is 0.446. The largest absolute Gasteiger partial charge is 0.426 e. The Hall–Kier alpha value is -2.07. The summed E-state index contributed by atoms with van der Waals surface area (Å²) in [5, 5.41) is 1.00. The summed E-state index contributed by atoms with van der Waals surface area (Å²) in [4.78, 5) is 17.6. The molecule has 0 aliphatic carbocycles. The van der Waals surface area contributed by atoms with Gasteiger partial charge in [-0.15, -0.1) is 6.58 Å². The Kier molecular flexibility index (Phi) is 6.21. The number of carbonyl (C=O) groups excluding carboxylic acids is 1. The van der Waals surface area contributed by atoms with Crippen LogP contribution in [-0.4, -0.2) is 34.5 Å². The highest BCUT2D eigenvalue weighted by Gasteiger charge is 2.16. The molecule has 4 nitrogen and oxygen atoms in total. The van der Waals surface area contributed by atoms with Crippen molar-refractivity contribution >= 4 is 16.9 Å². The van der Waals surface area contributed by atoms with Crippen LogP contribution in [0, 0.1) is 0 Å². The molecule has 0 bridgehead atoms. The Morgan fingerprint density at radius 1 is 1.29 bits per heavy atom. The molecule has 0 saturated carbocycles. The summed E-state index contributed by atoms with van der Waals surface area (Å²) in [5.41, 5.74) is 2.17. The first-order chi connectivity index (χ1) is 11.4. The van der Waals surface area contributed by atoms with Crippen LogP contribution in [0.2, 0.25) is 0 Å². The Morgan fingerprint density at radius 2 is 2.00 bits per heavy atom. The average molecular weight is 328 g/mol. The van der Waals surface area contributed by atoms with Crippen LogP contribution in [-0.2, 0) is 11.2 Å². The Balaban J connectivity index is 2.24. The van der Waals surface area contributed by atoms with E-state index >= 15 is 0 Å². The van der Waals surface area contributed by atoms with Gasteiger partial charge in [0.05, 0.1) is 6.42 Å². The minimum atomic E-state index is -0.282. The van der Waals surface area contributed by atoms with Gasteiger partial charge in [0.25, 0.3) is 0 Å². The SMILES string of the molecule is C=CCC(=O)Oc1cccc2[nH]cc(CCN(C(C)C)C(C)C)c12. The fourth-order valence-corrected chi connectivity index (χ4v) is 3.15. The number of hydrogen-bond acceptors (Lipinski definition) is 3. The molecule has 0 aliphatic rings. The fourth-order valence-electron chi connectivity index (χ4n) is 3.15. The number of ether oxygens (including phenoxy) is 1. The third-order valence-electron chi connectivity index (χ3n) is 4.25. The molecular formula is C20H28N2O2. The van der Waals surface area contributed by atoms with E-state index in [9.17, 15) is 4.79 Å². The van der Waals surface area contributed by atoms with E-state index < -0.39 is 0 Å². The van der Waals surface area contributed by atoms with Crippen molar-refractivity contribution in [2.45, 2.75) is 52.6 Å². The zero-order valence-corrected chi connectivity index (χ0v) is 15.1. The van der Waals surface area contributed by atoms with E-state index in [4.69, 9.17) is 4.74 Å². The van der Waals surface area contributed by atoms with Crippen molar-refractivity contribution in [1.29, 1.82) is 0 Å². The van der Waals surface area contributed by atoms with Gasteiger partial charge >= 0.3 is 5.97 Å². The van der Waals surface area contributed by atoms with Gasteiger partial charge in [-0.2, -0.15) is 0 Å². The van der Waals surface area contributed by atoms with Gasteiger partial charge < -0.3 is 9.72 Å². The normalized spacial score (nSPS) is 11.6. The second kappa shape index (κ2) is 8.15. The van der Waals surface area contributed by atoms with E-state index in [2.05, 4.69) is 44.2 Å². The van der Waals surface area contributed by atoms with Crippen molar-refractivity contribution in [1.82, 2.24) is 9.88 Å². The molecule has 2 aromatic rings. The number of nitrogens with one attached hydrogen (secondary N) is 1. The number of aromatic nitrogens is 1. The molecule has 0 atom stereocenters. The summed E-state index contributed by atoms with van der Waals surface area (Å²) in [6.07, 6.45) is 4.70. The van der Waals surface area contributed by atoms with Crippen molar-refractivity contribution in [3.8, 4) is 5.75 Å². The molecule has 1 heterocycles. The van der Waals surface area contributed by atoms with Crippen LogP contribution in [0.15, 0.2) is 37.1 Å². The third-order valence-corrected chi connectivity index (χ3v) is 4.25. The van der Waals surface area contributed by atoms with Crippen LogP contribution in [0.25, 0.3) is 10.9 Å². The topological polar surface area (TPSA) is 45.3 Å². The van der Waals surface area contributed by atoms with E-state index in [1.54, 1.807) is 6.08 Å². The lowest BCUT2D eigenvalue weighted by Crippen LogP contribution is -2.38. The summed E-state index contributed by atoms with van der Waals surface area (Å²) in [6.45, 7) is 13.4. The molecule has 1 aromatic heterocycles. The summed E-state index contributed by atoms with van der Waals surface area (Å²) in [6, 6.07) is 6.75. The van der Waals surface area contributed by atoms with Gasteiger partial charge in [0.1, 0.15) is 5.75 Å². The number of nitrogens with zero attached hydrogens (tertiary/aromatic N) is 1. The molecule has 0 saturated heterocycles. The lowest BCUT2D eigenvalue weighted by atomic mass is 10.1. The smallest absolute Gasteiger partial charge is 0.315 e. The van der Waals surface area contributed by atoms with E-state index in [0.717, 1.165) is 23.9 Å². The maximum atomic E-state index is 11.8. The van der Waals surface area contributed by atoms with Crippen molar-refractivity contribution in [3.63, 3.8) is 0 Å². The Morgan fingerprint density at radius 3 is 2.62 bits per heavy atom. The lowest BCUT2D eigenvalue weighted by Gasteiger charge is -2.30. The maximum absolute atomic E-state index is 11.8. The Labute approximate surface area is 144 Å². The molecule has 0 aliphatic heterocycles. The number of hydrogen-bond donors (Lipinski definition) is 1. The number of carbonyl (C=O) groups is 1. The fraction of sp³-hybridized carbons (Fsp3) is 0.450. The van der Waals surface area contributed by atoms with Crippen molar-refractivity contribution in [3.05, 3.63) is 42.6 Å². The van der Waals surface area contributed by atoms with Gasteiger partial charge in [-0.05, 0) is 51.8 Å². The van der Waals surface area contributed by atoms with Gasteiger partial charge in [-0.1, -0.05) is 12.1 Å². The Bertz CT molecular complexity index is 693. The predicted octanol–water partition coefficient (Wildman–Crippen LogP) is 4.31. The molecule has 1 N–H and O–H groups in total. The summed E-state index contributed by atoms with van der Waals surface area (Å²) >= 11 is 0. The van der Waals surface area contributed by atoms with Crippen molar-refractivity contribution in [2.75, 3.05) is 6.54 Å². The average Bonchev–Trinajstić information content (AvgIpc) is 2.91. The first kappa shape index (κ1) is 18.3. The third kappa shape index (κ3) is 4.26. The summed E-state index contributed by atoms with van der Waals surface area (Å²) in [7, 11) is 0. The minimum Gasteiger partial charge on any atom is -0.426 e. The second-order valence-corrected chi connectivity index (χ2v) is 6.63. The highest BCUT2D eigenvalue weighted by molar-refractivity contribution is 5.91. The van der Waals surface area contributed by atoms with Crippen molar-refractivity contribution < 1.29 is 9.53 Å². The zero-order valence-electron chi connectivity index (χ0n) is 15.1. The number of aromatic amines is 1. The number of esters is 1. The molecule has 2 rings (SSSR count). The van der Waals surface area contributed by atoms with E-state index in [0.29, 0.717) is 17.8 Å². The molecule has 0 unspecified atom stereocenters. The minimum absolute atomic E-state index is 0.213. The van der Waals surface area contributed by atoms with Crippen LogP contribution in [0.4, 0.5) is 0 Å². The maximum Gasteiger partial charge on any atom is 0.315 e. The summed E-state index contributed by atoms with van der Waals surface area (Å²) < 4.78 is 5.52. The molecule has 0 amide bonds. The molecule has 130 valence electrons. The molecule has 4 heteroatoms. The van der Waals surface area contributed by atoms with Crippen LogP contribution < -0.4 is 4.74 Å². The van der Waals surface area contributed by atoms with Gasteiger partial charge in [0.15, 0.2) is 0 Å². The van der Waals surface area contributed by atoms with Crippen LogP contribution in [0.5, 0.6) is 5.75 Å². The zero-order chi connectivity index (χ0) is 17.7. The number of benzene rings is 1. The second-order valence-electron chi connectivity index (χ2n) is 6.63. The van der Waals surface area contributed by atoms with E-state index in [-0.39, 0.29) is 12.4 Å². The molecule has 1 aromatic carbocycles. The van der Waals surface area contributed by atoms with Crippen LogP contribution in [0.3, 0.4) is 0 Å². The number of H-pyrrole nitrogens is 1. The van der Waals surface area contributed by atoms with Gasteiger partial charge in [-0.3, -0.25) is 9.69 Å². The van der Waals surface area contributed by atoms with Gasteiger partial charge in [0, 0.05) is 35.7 Å². The highest BCUT2D eigenvalue weighted by atomic mass is 16.5. The molecule has 0 fully saturated rings. The monoisotopic (exact) mass is 328 g/mol. The summed E-state index contributed by atoms with van der Waals surface area (Å²) in [5.74, 6) is 0.340. The van der Waals surface area contributed by atoms with Crippen molar-refractivity contribution in [2.24, 2.45) is 0 Å². The lowest BCUT2D eigenvalue weighted by molar-refractivity contribution is -0.133. The first-order valence-corrected chi connectivity index (χ1v) is 8.60. The number of fused-ring (bicyclic) bond motifs is 1. The van der Waals surface area contributed by atoms with Crippen LogP contribution in [0.1, 0.15) is 39.7 Å². The van der Waals surface area contributed by atoms with E-state index in [1.165, 1.54) is 5.56 Å².